The Bertz CT molecular complexity index is 577. The predicted molar refractivity (Wildman–Crippen MR) is 79.2 cm³/mol. The number of fused-ring (bicyclic) bond motifs is 1. The van der Waals surface area contributed by atoms with E-state index in [0.29, 0.717) is 5.95 Å². The summed E-state index contributed by atoms with van der Waals surface area (Å²) in [6.07, 6.45) is 3.87. The van der Waals surface area contributed by atoms with Crippen molar-refractivity contribution in [1.29, 1.82) is 0 Å². The summed E-state index contributed by atoms with van der Waals surface area (Å²) in [5.41, 5.74) is 0. The molecule has 5 heteroatoms. The number of rotatable bonds is 6. The second-order valence-electron chi connectivity index (χ2n) is 5.04. The predicted octanol–water partition coefficient (Wildman–Crippen LogP) is 3.61. The molecule has 1 aliphatic rings. The van der Waals surface area contributed by atoms with Crippen molar-refractivity contribution in [3.8, 4) is 5.88 Å². The Morgan fingerprint density at radius 1 is 1.42 bits per heavy atom. The number of nitrogens with zero attached hydrogens (tertiary/aromatic N) is 2. The number of aromatic nitrogens is 2. The van der Waals surface area contributed by atoms with Crippen LogP contribution in [0, 0.1) is 12.8 Å². The molecule has 4 nitrogen and oxygen atoms in total. The van der Waals surface area contributed by atoms with E-state index in [4.69, 9.17) is 4.74 Å². The first kappa shape index (κ1) is 12.7. The molecule has 102 valence electrons. The molecule has 1 fully saturated rings. The average Bonchev–Trinajstić information content (AvgIpc) is 3.11. The highest BCUT2D eigenvalue weighted by Crippen LogP contribution is 2.34. The maximum absolute atomic E-state index is 5.89. The number of hydrogen-bond donors (Lipinski definition) is 1. The smallest absolute Gasteiger partial charge is 0.227 e. The summed E-state index contributed by atoms with van der Waals surface area (Å²) >= 11 is 1.69. The number of thiophene rings is 1. The third-order valence-corrected chi connectivity index (χ3v) is 4.22. The molecule has 3 rings (SSSR count). The normalized spacial score (nSPS) is 14.8. The third-order valence-electron chi connectivity index (χ3n) is 3.28. The maximum Gasteiger partial charge on any atom is 0.227 e. The highest BCUT2D eigenvalue weighted by atomic mass is 32.1. The van der Waals surface area contributed by atoms with Gasteiger partial charge >= 0.3 is 0 Å². The van der Waals surface area contributed by atoms with Crippen LogP contribution in [0.4, 0.5) is 5.95 Å². The number of ether oxygens (including phenoxy) is 1. The molecule has 0 atom stereocenters. The number of anilines is 1. The molecule has 2 aromatic rings. The Balaban J connectivity index is 1.84. The molecule has 0 amide bonds. The summed E-state index contributed by atoms with van der Waals surface area (Å²) in [6.45, 7) is 5.71. The van der Waals surface area contributed by atoms with Crippen LogP contribution in [0.3, 0.4) is 0 Å². The molecule has 1 aliphatic carbocycles. The summed E-state index contributed by atoms with van der Waals surface area (Å²) in [4.78, 5) is 11.2. The molecule has 0 saturated heterocycles. The van der Waals surface area contributed by atoms with Crippen molar-refractivity contribution >= 4 is 27.5 Å². The van der Waals surface area contributed by atoms with Gasteiger partial charge in [0.2, 0.25) is 11.8 Å². The van der Waals surface area contributed by atoms with Gasteiger partial charge in [0.25, 0.3) is 0 Å². The minimum atomic E-state index is 0.665. The molecule has 19 heavy (non-hydrogen) atoms. The van der Waals surface area contributed by atoms with E-state index in [1.807, 2.05) is 6.92 Å². The molecular formula is C14H19N3OS. The molecule has 0 bridgehead atoms. The second kappa shape index (κ2) is 5.33. The van der Waals surface area contributed by atoms with Gasteiger partial charge in [0.05, 0.1) is 12.0 Å². The van der Waals surface area contributed by atoms with Crippen LogP contribution >= 0.6 is 11.3 Å². The molecule has 0 unspecified atom stereocenters. The van der Waals surface area contributed by atoms with Gasteiger partial charge in [0.1, 0.15) is 4.83 Å². The average molecular weight is 277 g/mol. The molecular weight excluding hydrogens is 258 g/mol. The SMILES string of the molecule is CCNc1nc(OCCC2CC2)c2cc(C)sc2n1. The molecule has 0 aliphatic heterocycles. The van der Waals surface area contributed by atoms with Gasteiger partial charge in [-0.1, -0.05) is 12.8 Å². The zero-order valence-electron chi connectivity index (χ0n) is 11.4. The van der Waals surface area contributed by atoms with Gasteiger partial charge in [-0.15, -0.1) is 11.3 Å². The van der Waals surface area contributed by atoms with E-state index >= 15 is 0 Å². The minimum Gasteiger partial charge on any atom is -0.477 e. The third kappa shape index (κ3) is 2.97. The van der Waals surface area contributed by atoms with Crippen molar-refractivity contribution in [3.63, 3.8) is 0 Å². The monoisotopic (exact) mass is 277 g/mol. The van der Waals surface area contributed by atoms with Gasteiger partial charge in [-0.3, -0.25) is 0 Å². The van der Waals surface area contributed by atoms with Gasteiger partial charge in [-0.2, -0.15) is 4.98 Å². The van der Waals surface area contributed by atoms with E-state index in [1.165, 1.54) is 17.7 Å². The molecule has 1 N–H and O–H groups in total. The quantitative estimate of drug-likeness (QED) is 0.876. The largest absolute Gasteiger partial charge is 0.477 e. The first-order valence-corrected chi connectivity index (χ1v) is 7.72. The van der Waals surface area contributed by atoms with E-state index in [-0.39, 0.29) is 0 Å². The van der Waals surface area contributed by atoms with Crippen molar-refractivity contribution in [2.45, 2.75) is 33.1 Å². The van der Waals surface area contributed by atoms with E-state index in [9.17, 15) is 0 Å². The van der Waals surface area contributed by atoms with Gasteiger partial charge in [-0.25, -0.2) is 4.98 Å². The highest BCUT2D eigenvalue weighted by Gasteiger charge is 2.21. The van der Waals surface area contributed by atoms with Crippen molar-refractivity contribution in [3.05, 3.63) is 10.9 Å². The first-order chi connectivity index (χ1) is 9.26. The van der Waals surface area contributed by atoms with Crippen LogP contribution in [0.25, 0.3) is 10.2 Å². The Morgan fingerprint density at radius 2 is 2.26 bits per heavy atom. The fraction of sp³-hybridized carbons (Fsp3) is 0.571. The summed E-state index contributed by atoms with van der Waals surface area (Å²) in [7, 11) is 0. The van der Waals surface area contributed by atoms with Crippen molar-refractivity contribution < 1.29 is 4.74 Å². The summed E-state index contributed by atoms with van der Waals surface area (Å²) in [5.74, 6) is 2.28. The topological polar surface area (TPSA) is 47.0 Å². The van der Waals surface area contributed by atoms with Crippen LogP contribution in [0.5, 0.6) is 5.88 Å². The lowest BCUT2D eigenvalue weighted by molar-refractivity contribution is 0.295. The Labute approximate surface area is 117 Å². The lowest BCUT2D eigenvalue weighted by Gasteiger charge is -2.08. The minimum absolute atomic E-state index is 0.665. The fourth-order valence-corrected chi connectivity index (χ4v) is 2.96. The van der Waals surface area contributed by atoms with Crippen molar-refractivity contribution in [2.24, 2.45) is 5.92 Å². The summed E-state index contributed by atoms with van der Waals surface area (Å²) in [5, 5.41) is 4.21. The van der Waals surface area contributed by atoms with Crippen LogP contribution in [-0.4, -0.2) is 23.1 Å². The molecule has 1 saturated carbocycles. The van der Waals surface area contributed by atoms with Gasteiger partial charge in [-0.05, 0) is 32.3 Å². The van der Waals surface area contributed by atoms with Crippen LogP contribution in [0.1, 0.15) is 31.1 Å². The molecule has 0 aromatic carbocycles. The van der Waals surface area contributed by atoms with Crippen LogP contribution in [-0.2, 0) is 0 Å². The van der Waals surface area contributed by atoms with E-state index < -0.39 is 0 Å². The maximum atomic E-state index is 5.89. The Morgan fingerprint density at radius 3 is 3.00 bits per heavy atom. The fourth-order valence-electron chi connectivity index (χ4n) is 2.09. The summed E-state index contributed by atoms with van der Waals surface area (Å²) < 4.78 is 5.89. The lowest BCUT2D eigenvalue weighted by atomic mass is 10.3. The van der Waals surface area contributed by atoms with Crippen LogP contribution < -0.4 is 10.1 Å². The number of nitrogens with one attached hydrogen (secondary N) is 1. The Kier molecular flexibility index (Phi) is 3.55. The highest BCUT2D eigenvalue weighted by molar-refractivity contribution is 7.18. The molecule has 2 aromatic heterocycles. The lowest BCUT2D eigenvalue weighted by Crippen LogP contribution is -2.05. The standard InChI is InChI=1S/C14H19N3OS/c1-3-15-14-16-12(18-7-6-10-4-5-10)11-8-9(2)19-13(11)17-14/h8,10H,3-7H2,1-2H3,(H,15,16,17). The first-order valence-electron chi connectivity index (χ1n) is 6.91. The second-order valence-corrected chi connectivity index (χ2v) is 6.27. The van der Waals surface area contributed by atoms with E-state index in [2.05, 4.69) is 28.3 Å². The molecule has 2 heterocycles. The van der Waals surface area contributed by atoms with Gasteiger partial charge in [0.15, 0.2) is 0 Å². The van der Waals surface area contributed by atoms with Crippen LogP contribution in [0.15, 0.2) is 6.07 Å². The number of hydrogen-bond acceptors (Lipinski definition) is 5. The van der Waals surface area contributed by atoms with Gasteiger partial charge in [0, 0.05) is 11.4 Å². The van der Waals surface area contributed by atoms with E-state index in [1.54, 1.807) is 11.3 Å². The van der Waals surface area contributed by atoms with Gasteiger partial charge < -0.3 is 10.1 Å². The Hall–Kier alpha value is -1.36. The zero-order valence-corrected chi connectivity index (χ0v) is 12.2. The zero-order chi connectivity index (χ0) is 13.2. The number of aryl methyl sites for hydroxylation is 1. The summed E-state index contributed by atoms with van der Waals surface area (Å²) in [6, 6.07) is 2.11. The van der Waals surface area contributed by atoms with Crippen LogP contribution in [0.2, 0.25) is 0 Å². The van der Waals surface area contributed by atoms with Crippen molar-refractivity contribution in [2.75, 3.05) is 18.5 Å². The molecule has 0 radical (unpaired) electrons. The van der Waals surface area contributed by atoms with E-state index in [0.717, 1.165) is 41.6 Å². The molecule has 0 spiro atoms. The van der Waals surface area contributed by atoms with Crippen molar-refractivity contribution in [1.82, 2.24) is 9.97 Å².